The first-order chi connectivity index (χ1) is 11.1. The number of hydrogen-bond acceptors (Lipinski definition) is 7. The van der Waals surface area contributed by atoms with Crippen molar-refractivity contribution in [3.8, 4) is 0 Å². The molecule has 2 heterocycles. The van der Waals surface area contributed by atoms with Gasteiger partial charge >= 0.3 is 0 Å². The van der Waals surface area contributed by atoms with Gasteiger partial charge in [-0.2, -0.15) is 0 Å². The molecule has 24 heavy (non-hydrogen) atoms. The Labute approximate surface area is 139 Å². The summed E-state index contributed by atoms with van der Waals surface area (Å²) in [5.74, 6) is -0.715. The molecule has 4 aliphatic rings. The number of hydrogen-bond donors (Lipinski definition) is 3. The molecule has 7 nitrogen and oxygen atoms in total. The predicted octanol–water partition coefficient (Wildman–Crippen LogP) is -0.880. The number of rotatable bonds is 2. The minimum Gasteiger partial charge on any atom is -0.390 e. The summed E-state index contributed by atoms with van der Waals surface area (Å²) in [5, 5.41) is 32.2. The molecule has 3 unspecified atom stereocenters. The van der Waals surface area contributed by atoms with Crippen molar-refractivity contribution in [1.82, 2.24) is 0 Å². The number of carbonyl (C=O) groups is 2. The minimum atomic E-state index is -1.51. The van der Waals surface area contributed by atoms with Gasteiger partial charge in [0, 0.05) is 11.8 Å². The van der Waals surface area contributed by atoms with Crippen molar-refractivity contribution < 1.29 is 34.4 Å². The number of Topliss-reactive ketones (excluding diaryl/α,β-unsaturated/α-hetero) is 2. The zero-order chi connectivity index (χ0) is 17.7. The normalized spacial score (nSPS) is 55.3. The van der Waals surface area contributed by atoms with Crippen molar-refractivity contribution in [1.29, 1.82) is 0 Å². The highest BCUT2D eigenvalue weighted by Gasteiger charge is 2.86. The first-order valence-corrected chi connectivity index (χ1v) is 8.19. The number of aliphatic hydroxyl groups is 3. The van der Waals surface area contributed by atoms with Gasteiger partial charge in [0.2, 0.25) is 0 Å². The molecule has 0 radical (unpaired) electrons. The molecule has 7 heteroatoms. The summed E-state index contributed by atoms with van der Waals surface area (Å²) in [7, 11) is 0. The Morgan fingerprint density at radius 1 is 1.38 bits per heavy atom. The molecular weight excluding hydrogens is 316 g/mol. The van der Waals surface area contributed by atoms with Gasteiger partial charge in [0.25, 0.3) is 0 Å². The van der Waals surface area contributed by atoms with Gasteiger partial charge in [0.15, 0.2) is 5.78 Å². The number of carbonyl (C=O) groups excluding carboxylic acids is 2. The largest absolute Gasteiger partial charge is 0.390 e. The number of ketones is 2. The van der Waals surface area contributed by atoms with Gasteiger partial charge in [-0.1, -0.05) is 6.92 Å². The molecule has 4 rings (SSSR count). The van der Waals surface area contributed by atoms with Crippen LogP contribution < -0.4 is 0 Å². The first-order valence-electron chi connectivity index (χ1n) is 8.19. The van der Waals surface area contributed by atoms with Crippen LogP contribution in [0.3, 0.4) is 0 Å². The topological polar surface area (TPSA) is 117 Å². The Morgan fingerprint density at radius 3 is 2.54 bits per heavy atom. The van der Waals surface area contributed by atoms with Crippen LogP contribution >= 0.6 is 0 Å². The van der Waals surface area contributed by atoms with Gasteiger partial charge in [-0.15, -0.1) is 0 Å². The molecule has 132 valence electrons. The van der Waals surface area contributed by atoms with Gasteiger partial charge in [0.05, 0.1) is 24.2 Å². The van der Waals surface area contributed by atoms with E-state index in [0.29, 0.717) is 5.57 Å². The van der Waals surface area contributed by atoms with Crippen molar-refractivity contribution in [3.05, 3.63) is 11.6 Å². The van der Waals surface area contributed by atoms with Crippen LogP contribution in [0.15, 0.2) is 11.6 Å². The Balaban J connectivity index is 1.99. The Kier molecular flexibility index (Phi) is 3.09. The fourth-order valence-corrected chi connectivity index (χ4v) is 5.48. The summed E-state index contributed by atoms with van der Waals surface area (Å²) < 4.78 is 11.7. The van der Waals surface area contributed by atoms with E-state index >= 15 is 0 Å². The van der Waals surface area contributed by atoms with Crippen molar-refractivity contribution in [2.45, 2.75) is 63.3 Å². The fraction of sp³-hybridized carbons (Fsp3) is 0.765. The van der Waals surface area contributed by atoms with Crippen LogP contribution in [0.5, 0.6) is 0 Å². The average molecular weight is 338 g/mol. The highest BCUT2D eigenvalue weighted by Crippen LogP contribution is 2.72. The van der Waals surface area contributed by atoms with E-state index in [1.54, 1.807) is 19.9 Å². The van der Waals surface area contributed by atoms with E-state index in [4.69, 9.17) is 9.47 Å². The van der Waals surface area contributed by atoms with E-state index in [-0.39, 0.29) is 18.8 Å². The van der Waals surface area contributed by atoms with Crippen molar-refractivity contribution in [2.75, 3.05) is 6.61 Å². The molecule has 3 N–H and O–H groups in total. The van der Waals surface area contributed by atoms with Crippen LogP contribution in [-0.4, -0.2) is 69.6 Å². The lowest BCUT2D eigenvalue weighted by molar-refractivity contribution is -0.242. The SMILES string of the molecule is CC(=O)C[C@@]12C(C=C(C)C(=O)[C@H]1O)OC1[C@H](O)[C@@H](O)[C@@]2(C)C12CO2. The molecular formula is C17H22O7. The lowest BCUT2D eigenvalue weighted by atomic mass is 9.48. The third-order valence-electron chi connectivity index (χ3n) is 6.85. The smallest absolute Gasteiger partial charge is 0.187 e. The van der Waals surface area contributed by atoms with E-state index in [0.717, 1.165) is 0 Å². The van der Waals surface area contributed by atoms with Gasteiger partial charge in [-0.05, 0) is 25.5 Å². The lowest BCUT2D eigenvalue weighted by Gasteiger charge is -2.59. The molecule has 3 fully saturated rings. The Bertz CT molecular complexity index is 666. The molecule has 0 amide bonds. The summed E-state index contributed by atoms with van der Waals surface area (Å²) in [6, 6.07) is 0. The van der Waals surface area contributed by atoms with Crippen molar-refractivity contribution in [3.63, 3.8) is 0 Å². The van der Waals surface area contributed by atoms with Crippen LogP contribution in [0, 0.1) is 10.8 Å². The lowest BCUT2D eigenvalue weighted by Crippen LogP contribution is -2.71. The molecule has 0 aromatic heterocycles. The molecule has 2 aliphatic heterocycles. The molecule has 0 aromatic rings. The van der Waals surface area contributed by atoms with Crippen LogP contribution in [0.4, 0.5) is 0 Å². The molecule has 1 saturated carbocycles. The number of epoxide rings is 1. The molecule has 2 saturated heterocycles. The van der Waals surface area contributed by atoms with E-state index in [1.807, 2.05) is 0 Å². The van der Waals surface area contributed by atoms with E-state index in [9.17, 15) is 24.9 Å². The molecule has 2 aliphatic carbocycles. The van der Waals surface area contributed by atoms with Crippen LogP contribution in [0.1, 0.15) is 27.2 Å². The summed E-state index contributed by atoms with van der Waals surface area (Å²) in [4.78, 5) is 24.6. The van der Waals surface area contributed by atoms with E-state index < -0.39 is 52.7 Å². The second-order valence-electron chi connectivity index (χ2n) is 7.83. The summed E-state index contributed by atoms with van der Waals surface area (Å²) in [6.45, 7) is 4.90. The van der Waals surface area contributed by atoms with Gasteiger partial charge < -0.3 is 29.6 Å². The third kappa shape index (κ3) is 1.47. The number of ether oxygens (including phenoxy) is 2. The summed E-state index contributed by atoms with van der Waals surface area (Å²) in [6.07, 6.45) is -4.05. The van der Waals surface area contributed by atoms with Crippen LogP contribution in [-0.2, 0) is 19.1 Å². The van der Waals surface area contributed by atoms with Gasteiger partial charge in [0.1, 0.15) is 29.7 Å². The van der Waals surface area contributed by atoms with E-state index in [2.05, 4.69) is 0 Å². The van der Waals surface area contributed by atoms with E-state index in [1.165, 1.54) is 6.92 Å². The minimum absolute atomic E-state index is 0.146. The second kappa shape index (κ2) is 4.53. The Morgan fingerprint density at radius 2 is 2.00 bits per heavy atom. The highest BCUT2D eigenvalue weighted by molar-refractivity contribution is 6.00. The van der Waals surface area contributed by atoms with Crippen LogP contribution in [0.25, 0.3) is 0 Å². The maximum Gasteiger partial charge on any atom is 0.187 e. The standard InChI is InChI=1S/C17H22O7/c1-7-4-9-16(5-8(2)18,13(22)10(7)19)15(3)12(21)11(20)14(24-9)17(15)6-23-17/h4,9,11-14,20-22H,5-6H2,1-3H3/t9?,11-,12-,13-,14?,15-,16-,17?/m1/s1. The van der Waals surface area contributed by atoms with Gasteiger partial charge in [-0.3, -0.25) is 4.79 Å². The molecule has 1 spiro atoms. The van der Waals surface area contributed by atoms with Crippen molar-refractivity contribution >= 4 is 11.6 Å². The molecule has 0 aromatic carbocycles. The molecule has 2 bridgehead atoms. The summed E-state index contributed by atoms with van der Waals surface area (Å²) >= 11 is 0. The predicted molar refractivity (Wildman–Crippen MR) is 80.0 cm³/mol. The maximum absolute atomic E-state index is 12.5. The monoisotopic (exact) mass is 338 g/mol. The zero-order valence-electron chi connectivity index (χ0n) is 13.9. The Hall–Kier alpha value is -1.12. The maximum atomic E-state index is 12.5. The van der Waals surface area contributed by atoms with Crippen molar-refractivity contribution in [2.24, 2.45) is 10.8 Å². The number of fused-ring (bicyclic) bond motifs is 2. The van der Waals surface area contributed by atoms with Crippen LogP contribution in [0.2, 0.25) is 0 Å². The fourth-order valence-electron chi connectivity index (χ4n) is 5.48. The molecule has 8 atom stereocenters. The van der Waals surface area contributed by atoms with Gasteiger partial charge in [-0.25, -0.2) is 0 Å². The zero-order valence-corrected chi connectivity index (χ0v) is 13.9. The number of aliphatic hydroxyl groups excluding tert-OH is 3. The summed E-state index contributed by atoms with van der Waals surface area (Å²) in [5.41, 5.74) is -3.20. The quantitative estimate of drug-likeness (QED) is 0.560. The second-order valence-corrected chi connectivity index (χ2v) is 7.83. The third-order valence-corrected chi connectivity index (χ3v) is 6.85. The highest BCUT2D eigenvalue weighted by atomic mass is 16.6. The average Bonchev–Trinajstić information content (AvgIpc) is 3.29. The first kappa shape index (κ1) is 16.4.